The van der Waals surface area contributed by atoms with Crippen molar-refractivity contribution in [2.45, 2.75) is 25.9 Å². The van der Waals surface area contributed by atoms with Gasteiger partial charge in [-0.05, 0) is 24.9 Å². The van der Waals surface area contributed by atoms with Gasteiger partial charge in [0.2, 0.25) is 0 Å². The summed E-state index contributed by atoms with van der Waals surface area (Å²) in [5, 5.41) is 4.36. The molecule has 0 spiro atoms. The molecule has 2 aromatic rings. The molecule has 0 aliphatic carbocycles. The number of likely N-dealkylation sites (tertiary alicyclic amines) is 1. The molecule has 120 valence electrons. The van der Waals surface area contributed by atoms with Gasteiger partial charge in [0.15, 0.2) is 0 Å². The summed E-state index contributed by atoms with van der Waals surface area (Å²) >= 11 is 0. The van der Waals surface area contributed by atoms with Crippen molar-refractivity contribution < 1.29 is 0 Å². The van der Waals surface area contributed by atoms with E-state index < -0.39 is 0 Å². The van der Waals surface area contributed by atoms with Crippen LogP contribution in [0.3, 0.4) is 0 Å². The van der Waals surface area contributed by atoms with E-state index in [1.54, 1.807) is 0 Å². The summed E-state index contributed by atoms with van der Waals surface area (Å²) in [5.41, 5.74) is 8.71. The fourth-order valence-corrected chi connectivity index (χ4v) is 3.33. The van der Waals surface area contributed by atoms with Crippen molar-refractivity contribution in [3.8, 4) is 0 Å². The first kappa shape index (κ1) is 17.0. The van der Waals surface area contributed by atoms with Crippen LogP contribution in [0.15, 0.2) is 42.7 Å². The quantitative estimate of drug-likeness (QED) is 0.920. The summed E-state index contributed by atoms with van der Waals surface area (Å²) in [6.07, 6.45) is 4.13. The molecule has 1 aliphatic heterocycles. The minimum atomic E-state index is 0. The molecule has 1 fully saturated rings. The van der Waals surface area contributed by atoms with Crippen LogP contribution in [0.2, 0.25) is 0 Å². The number of nitrogens with zero attached hydrogens (tertiary/aromatic N) is 3. The van der Waals surface area contributed by atoms with Gasteiger partial charge < -0.3 is 5.73 Å². The molecule has 22 heavy (non-hydrogen) atoms. The topological polar surface area (TPSA) is 47.1 Å². The zero-order valence-electron chi connectivity index (χ0n) is 13.1. The summed E-state index contributed by atoms with van der Waals surface area (Å²) in [5.74, 6) is 1.10. The largest absolute Gasteiger partial charge is 0.330 e. The van der Waals surface area contributed by atoms with Crippen molar-refractivity contribution in [3.05, 3.63) is 53.9 Å². The molecule has 0 saturated carbocycles. The highest BCUT2D eigenvalue weighted by Gasteiger charge is 2.32. The van der Waals surface area contributed by atoms with Gasteiger partial charge in [0.25, 0.3) is 0 Å². The van der Waals surface area contributed by atoms with Gasteiger partial charge in [-0.1, -0.05) is 30.3 Å². The van der Waals surface area contributed by atoms with Gasteiger partial charge in [0.1, 0.15) is 0 Å². The molecule has 1 saturated heterocycles. The molecule has 0 amide bonds. The minimum Gasteiger partial charge on any atom is -0.330 e. The Morgan fingerprint density at radius 3 is 2.64 bits per heavy atom. The van der Waals surface area contributed by atoms with Crippen LogP contribution in [-0.4, -0.2) is 34.3 Å². The molecule has 0 unspecified atom stereocenters. The van der Waals surface area contributed by atoms with Crippen LogP contribution in [0.1, 0.15) is 24.0 Å². The molecule has 4 nitrogen and oxygen atoms in total. The van der Waals surface area contributed by atoms with E-state index in [1.165, 1.54) is 11.1 Å². The molecule has 2 atom stereocenters. The first-order chi connectivity index (χ1) is 10.3. The van der Waals surface area contributed by atoms with Crippen molar-refractivity contribution in [1.82, 2.24) is 14.7 Å². The summed E-state index contributed by atoms with van der Waals surface area (Å²) in [6.45, 7) is 6.93. The SMILES string of the molecule is CCn1cc(CN2C[C@@H](CN)[C@H](c3ccccc3)C2)cn1.Cl. The average molecular weight is 321 g/mol. The van der Waals surface area contributed by atoms with E-state index in [-0.39, 0.29) is 12.4 Å². The highest BCUT2D eigenvalue weighted by Crippen LogP contribution is 2.32. The Kier molecular flexibility index (Phi) is 6.00. The van der Waals surface area contributed by atoms with Crippen molar-refractivity contribution >= 4 is 12.4 Å². The Hall–Kier alpha value is -1.36. The number of halogens is 1. The van der Waals surface area contributed by atoms with E-state index in [0.717, 1.165) is 32.7 Å². The second-order valence-electron chi connectivity index (χ2n) is 5.91. The fourth-order valence-electron chi connectivity index (χ4n) is 3.33. The normalized spacial score (nSPS) is 21.7. The van der Waals surface area contributed by atoms with E-state index in [4.69, 9.17) is 5.73 Å². The molecule has 1 aliphatic rings. The second-order valence-corrected chi connectivity index (χ2v) is 5.91. The fraction of sp³-hybridized carbons (Fsp3) is 0.471. The van der Waals surface area contributed by atoms with Crippen LogP contribution in [0.5, 0.6) is 0 Å². The van der Waals surface area contributed by atoms with Crippen LogP contribution < -0.4 is 5.73 Å². The zero-order valence-corrected chi connectivity index (χ0v) is 13.9. The van der Waals surface area contributed by atoms with Gasteiger partial charge in [-0.3, -0.25) is 9.58 Å². The van der Waals surface area contributed by atoms with Gasteiger partial charge in [0, 0.05) is 43.9 Å². The first-order valence-corrected chi connectivity index (χ1v) is 7.79. The number of benzene rings is 1. The first-order valence-electron chi connectivity index (χ1n) is 7.79. The monoisotopic (exact) mass is 320 g/mol. The molecule has 1 aromatic carbocycles. The highest BCUT2D eigenvalue weighted by atomic mass is 35.5. The maximum atomic E-state index is 6.00. The predicted molar refractivity (Wildman–Crippen MR) is 92.2 cm³/mol. The standard InChI is InChI=1S/C17H24N4.ClH/c1-2-21-11-14(9-19-21)10-20-12-16(8-18)17(13-20)15-6-4-3-5-7-15;/h3-7,9,11,16-17H,2,8,10,12-13,18H2,1H3;1H/t16-,17+;/m1./s1. The molecule has 1 aromatic heterocycles. The number of rotatable bonds is 5. The molecular formula is C17H25ClN4. The molecule has 2 N–H and O–H groups in total. The number of aromatic nitrogens is 2. The van der Waals surface area contributed by atoms with E-state index in [1.807, 2.05) is 10.9 Å². The number of hydrogen-bond acceptors (Lipinski definition) is 3. The third-order valence-electron chi connectivity index (χ3n) is 4.46. The third kappa shape index (κ3) is 3.69. The maximum absolute atomic E-state index is 6.00. The second kappa shape index (κ2) is 7.77. The number of hydrogen-bond donors (Lipinski definition) is 1. The number of aryl methyl sites for hydroxylation is 1. The summed E-state index contributed by atoms with van der Waals surface area (Å²) in [6, 6.07) is 10.8. The van der Waals surface area contributed by atoms with Gasteiger partial charge in [-0.25, -0.2) is 0 Å². The van der Waals surface area contributed by atoms with Crippen molar-refractivity contribution in [2.24, 2.45) is 11.7 Å². The Balaban J connectivity index is 0.00000176. The Morgan fingerprint density at radius 2 is 2.00 bits per heavy atom. The molecule has 2 heterocycles. The molecular weight excluding hydrogens is 296 g/mol. The lowest BCUT2D eigenvalue weighted by Crippen LogP contribution is -2.23. The summed E-state index contributed by atoms with van der Waals surface area (Å²) < 4.78 is 1.99. The van der Waals surface area contributed by atoms with E-state index in [2.05, 4.69) is 53.5 Å². The van der Waals surface area contributed by atoms with Crippen LogP contribution in [-0.2, 0) is 13.1 Å². The Labute approximate surface area is 138 Å². The van der Waals surface area contributed by atoms with Crippen LogP contribution >= 0.6 is 12.4 Å². The average Bonchev–Trinajstić information content (AvgIpc) is 3.15. The van der Waals surface area contributed by atoms with E-state index in [0.29, 0.717) is 11.8 Å². The molecule has 3 rings (SSSR count). The summed E-state index contributed by atoms with van der Waals surface area (Å²) in [7, 11) is 0. The Morgan fingerprint density at radius 1 is 1.23 bits per heavy atom. The van der Waals surface area contributed by atoms with Gasteiger partial charge in [-0.15, -0.1) is 12.4 Å². The van der Waals surface area contributed by atoms with E-state index >= 15 is 0 Å². The number of nitrogens with two attached hydrogens (primary N) is 1. The zero-order chi connectivity index (χ0) is 14.7. The van der Waals surface area contributed by atoms with Crippen molar-refractivity contribution in [3.63, 3.8) is 0 Å². The van der Waals surface area contributed by atoms with Crippen molar-refractivity contribution in [1.29, 1.82) is 0 Å². The molecule has 0 bridgehead atoms. The lowest BCUT2D eigenvalue weighted by Gasteiger charge is -2.16. The van der Waals surface area contributed by atoms with Gasteiger partial charge in [-0.2, -0.15) is 5.10 Å². The molecule has 5 heteroatoms. The highest BCUT2D eigenvalue weighted by molar-refractivity contribution is 5.85. The lowest BCUT2D eigenvalue weighted by molar-refractivity contribution is 0.317. The minimum absolute atomic E-state index is 0. The maximum Gasteiger partial charge on any atom is 0.0534 e. The van der Waals surface area contributed by atoms with Crippen LogP contribution in [0.4, 0.5) is 0 Å². The van der Waals surface area contributed by atoms with Gasteiger partial charge in [0.05, 0.1) is 6.20 Å². The van der Waals surface area contributed by atoms with Crippen LogP contribution in [0, 0.1) is 5.92 Å². The van der Waals surface area contributed by atoms with E-state index in [9.17, 15) is 0 Å². The smallest absolute Gasteiger partial charge is 0.0534 e. The lowest BCUT2D eigenvalue weighted by atomic mass is 9.89. The third-order valence-corrected chi connectivity index (χ3v) is 4.46. The summed E-state index contributed by atoms with van der Waals surface area (Å²) in [4.78, 5) is 2.51. The van der Waals surface area contributed by atoms with Gasteiger partial charge >= 0.3 is 0 Å². The van der Waals surface area contributed by atoms with Crippen LogP contribution in [0.25, 0.3) is 0 Å². The Bertz CT molecular complexity index is 569. The predicted octanol–water partition coefficient (Wildman–Crippen LogP) is 2.50. The molecule has 0 radical (unpaired) electrons. The van der Waals surface area contributed by atoms with Crippen molar-refractivity contribution in [2.75, 3.05) is 19.6 Å².